The molecule has 4 rings (SSSR count). The maximum atomic E-state index is 9.02. The van der Waals surface area contributed by atoms with Crippen molar-refractivity contribution in [2.75, 3.05) is 0 Å². The molecule has 2 N–H and O–H groups in total. The van der Waals surface area contributed by atoms with E-state index >= 15 is 0 Å². The van der Waals surface area contributed by atoms with Gasteiger partial charge in [-0.05, 0) is 42.9 Å². The summed E-state index contributed by atoms with van der Waals surface area (Å²) in [7, 11) is 0. The zero-order chi connectivity index (χ0) is 10.2. The van der Waals surface area contributed by atoms with Crippen molar-refractivity contribution in [3.8, 4) is 0 Å². The Morgan fingerprint density at radius 2 is 1.27 bits per heavy atom. The molecule has 2 bridgehead atoms. The van der Waals surface area contributed by atoms with Crippen LogP contribution < -0.4 is 0 Å². The summed E-state index contributed by atoms with van der Waals surface area (Å²) < 4.78 is 0. The molecule has 0 spiro atoms. The van der Waals surface area contributed by atoms with Crippen LogP contribution in [-0.2, 0) is 0 Å². The molecule has 0 saturated heterocycles. The first kappa shape index (κ1) is 8.13. The van der Waals surface area contributed by atoms with Crippen LogP contribution in [-0.4, -0.2) is 21.8 Å². The molecule has 0 aromatic rings. The fourth-order valence-electron chi connectivity index (χ4n) is 5.14. The summed E-state index contributed by atoms with van der Waals surface area (Å²) in [5, 5.41) is 25.0. The lowest BCUT2D eigenvalue weighted by molar-refractivity contribution is 0.240. The fourth-order valence-corrected chi connectivity index (χ4v) is 5.14. The second-order valence-electron chi connectivity index (χ2n) is 5.53. The molecule has 4 heteroatoms. The molecule has 0 amide bonds. The Hall–Kier alpha value is -1.06. The molecule has 0 aromatic heterocycles. The van der Waals surface area contributed by atoms with E-state index in [2.05, 4.69) is 10.3 Å². The van der Waals surface area contributed by atoms with Crippen molar-refractivity contribution < 1.29 is 10.4 Å². The Morgan fingerprint density at radius 3 is 1.67 bits per heavy atom. The third-order valence-electron chi connectivity index (χ3n) is 5.42. The number of fused-ring (bicyclic) bond motifs is 2. The van der Waals surface area contributed by atoms with Crippen LogP contribution in [0.4, 0.5) is 0 Å². The van der Waals surface area contributed by atoms with Crippen LogP contribution in [0.15, 0.2) is 10.3 Å². The number of oxime groups is 2. The number of hydrogen-bond donors (Lipinski definition) is 2. The van der Waals surface area contributed by atoms with Gasteiger partial charge in [-0.15, -0.1) is 0 Å². The Kier molecular flexibility index (Phi) is 1.28. The van der Waals surface area contributed by atoms with Gasteiger partial charge in [0.1, 0.15) is 0 Å². The minimum Gasteiger partial charge on any atom is -0.411 e. The minimum atomic E-state index is 0.398. The van der Waals surface area contributed by atoms with E-state index in [1.54, 1.807) is 0 Å². The van der Waals surface area contributed by atoms with Gasteiger partial charge in [-0.25, -0.2) is 0 Å². The van der Waals surface area contributed by atoms with Crippen molar-refractivity contribution >= 4 is 11.4 Å². The van der Waals surface area contributed by atoms with Gasteiger partial charge in [0.25, 0.3) is 0 Å². The summed E-state index contributed by atoms with van der Waals surface area (Å²) in [4.78, 5) is 0. The van der Waals surface area contributed by atoms with Gasteiger partial charge in [0.2, 0.25) is 0 Å². The molecule has 0 radical (unpaired) electrons. The minimum absolute atomic E-state index is 0.398. The first-order chi connectivity index (χ1) is 7.35. The van der Waals surface area contributed by atoms with Crippen LogP contribution >= 0.6 is 0 Å². The fraction of sp³-hybridized carbons (Fsp3) is 0.818. The van der Waals surface area contributed by atoms with E-state index in [4.69, 9.17) is 10.4 Å². The monoisotopic (exact) mass is 206 g/mol. The van der Waals surface area contributed by atoms with E-state index in [1.807, 2.05) is 0 Å². The van der Waals surface area contributed by atoms with Crippen molar-refractivity contribution in [3.05, 3.63) is 0 Å². The average Bonchev–Trinajstić information content (AvgIpc) is 2.83. The molecule has 0 aliphatic heterocycles. The van der Waals surface area contributed by atoms with Gasteiger partial charge >= 0.3 is 0 Å². The van der Waals surface area contributed by atoms with Gasteiger partial charge < -0.3 is 10.4 Å². The van der Waals surface area contributed by atoms with Crippen LogP contribution in [0.2, 0.25) is 0 Å². The van der Waals surface area contributed by atoms with Crippen LogP contribution in [0.5, 0.6) is 0 Å². The molecule has 0 unspecified atom stereocenters. The summed E-state index contributed by atoms with van der Waals surface area (Å²) in [6, 6.07) is 0. The lowest BCUT2D eigenvalue weighted by atomic mass is 9.79. The summed E-state index contributed by atoms with van der Waals surface area (Å²) in [6.07, 6.45) is 3.24. The highest BCUT2D eigenvalue weighted by molar-refractivity contribution is 6.00. The van der Waals surface area contributed by atoms with Crippen molar-refractivity contribution in [3.63, 3.8) is 0 Å². The van der Waals surface area contributed by atoms with Gasteiger partial charge in [-0.2, -0.15) is 0 Å². The van der Waals surface area contributed by atoms with Crippen molar-refractivity contribution in [2.24, 2.45) is 45.8 Å². The first-order valence-corrected chi connectivity index (χ1v) is 5.76. The topological polar surface area (TPSA) is 65.2 Å². The molecule has 4 saturated carbocycles. The average molecular weight is 206 g/mol. The molecule has 0 aromatic carbocycles. The Bertz CT molecular complexity index is 350. The van der Waals surface area contributed by atoms with E-state index in [0.29, 0.717) is 23.7 Å². The Balaban J connectivity index is 1.87. The van der Waals surface area contributed by atoms with E-state index in [9.17, 15) is 0 Å². The maximum absolute atomic E-state index is 9.02. The Labute approximate surface area is 87.7 Å². The van der Waals surface area contributed by atoms with Crippen molar-refractivity contribution in [1.29, 1.82) is 0 Å². The highest BCUT2D eigenvalue weighted by Crippen LogP contribution is 2.68. The largest absolute Gasteiger partial charge is 0.411 e. The highest BCUT2D eigenvalue weighted by Gasteiger charge is 2.67. The van der Waals surface area contributed by atoms with Crippen LogP contribution in [0.1, 0.15) is 19.3 Å². The lowest BCUT2D eigenvalue weighted by Crippen LogP contribution is -2.26. The quantitative estimate of drug-likeness (QED) is 0.466. The second-order valence-corrected chi connectivity index (χ2v) is 5.53. The first-order valence-electron chi connectivity index (χ1n) is 5.76. The van der Waals surface area contributed by atoms with Crippen LogP contribution in [0.3, 0.4) is 0 Å². The standard InChI is InChI=1S/C11H14N2O2/c14-12-8-2-4-5-3-9(13-15)11-7(5)1-6(4)10(8)11/h4-7,10-11,14-15H,1-3H2/b12-8-,13-9-/t4-,5-,6-,7+,10-,11-/m1/s1. The van der Waals surface area contributed by atoms with E-state index in [0.717, 1.165) is 36.1 Å². The number of rotatable bonds is 0. The Morgan fingerprint density at radius 1 is 0.800 bits per heavy atom. The van der Waals surface area contributed by atoms with Crippen molar-refractivity contribution in [1.82, 2.24) is 0 Å². The lowest BCUT2D eigenvalue weighted by Gasteiger charge is -2.24. The summed E-state index contributed by atoms with van der Waals surface area (Å²) in [5.74, 6) is 3.65. The van der Waals surface area contributed by atoms with Crippen LogP contribution in [0, 0.1) is 35.5 Å². The summed E-state index contributed by atoms with van der Waals surface area (Å²) >= 11 is 0. The summed E-state index contributed by atoms with van der Waals surface area (Å²) in [5.41, 5.74) is 1.95. The van der Waals surface area contributed by atoms with Gasteiger partial charge in [-0.3, -0.25) is 0 Å². The molecule has 80 valence electrons. The zero-order valence-corrected chi connectivity index (χ0v) is 8.37. The highest BCUT2D eigenvalue weighted by atomic mass is 16.4. The van der Waals surface area contributed by atoms with Gasteiger partial charge in [0.15, 0.2) is 0 Å². The molecule has 4 aliphatic carbocycles. The van der Waals surface area contributed by atoms with Gasteiger partial charge in [-0.1, -0.05) is 10.3 Å². The molecule has 4 aliphatic rings. The SMILES string of the molecule is O/N=C1/C[C@@H]2[C@H]3C/C(=N/O)[C@H]4[C@H]3C[C@H]2[C@H]14. The number of nitrogens with zero attached hydrogens (tertiary/aromatic N) is 2. The van der Waals surface area contributed by atoms with Crippen molar-refractivity contribution in [2.45, 2.75) is 19.3 Å². The van der Waals surface area contributed by atoms with Crippen LogP contribution in [0.25, 0.3) is 0 Å². The molecule has 4 fully saturated rings. The van der Waals surface area contributed by atoms with E-state index < -0.39 is 0 Å². The molecule has 15 heavy (non-hydrogen) atoms. The maximum Gasteiger partial charge on any atom is 0.0614 e. The molecule has 4 nitrogen and oxygen atoms in total. The molecule has 0 heterocycles. The zero-order valence-electron chi connectivity index (χ0n) is 8.37. The molecular weight excluding hydrogens is 192 g/mol. The summed E-state index contributed by atoms with van der Waals surface area (Å²) in [6.45, 7) is 0. The third-order valence-corrected chi connectivity index (χ3v) is 5.42. The smallest absolute Gasteiger partial charge is 0.0614 e. The third kappa shape index (κ3) is 0.703. The predicted molar refractivity (Wildman–Crippen MR) is 53.2 cm³/mol. The van der Waals surface area contributed by atoms with Gasteiger partial charge in [0, 0.05) is 11.8 Å². The molecule has 6 atom stereocenters. The number of hydrogen-bond acceptors (Lipinski definition) is 4. The normalized spacial score (nSPS) is 60.0. The van der Waals surface area contributed by atoms with E-state index in [1.165, 1.54) is 6.42 Å². The van der Waals surface area contributed by atoms with Gasteiger partial charge in [0.05, 0.1) is 11.4 Å². The molecular formula is C11H14N2O2. The second kappa shape index (κ2) is 2.36. The van der Waals surface area contributed by atoms with E-state index in [-0.39, 0.29) is 0 Å². The predicted octanol–water partition coefficient (Wildman–Crippen LogP) is 1.57.